The van der Waals surface area contributed by atoms with Crippen molar-refractivity contribution in [3.8, 4) is 11.8 Å². The summed E-state index contributed by atoms with van der Waals surface area (Å²) in [5.74, 6) is 5.42. The van der Waals surface area contributed by atoms with Crippen LogP contribution in [0.4, 0.5) is 0 Å². The molecule has 0 saturated carbocycles. The molecule has 1 unspecified atom stereocenters. The number of hydrogen-bond donors (Lipinski definition) is 2. The summed E-state index contributed by atoms with van der Waals surface area (Å²) in [4.78, 5) is 0. The fraction of sp³-hybridized carbons (Fsp3) is 0.667. The minimum Gasteiger partial charge on any atom is -0.395 e. The van der Waals surface area contributed by atoms with Gasteiger partial charge in [0, 0.05) is 6.42 Å². The number of aliphatic hydroxyl groups is 1. The second-order valence-corrected chi connectivity index (χ2v) is 1.58. The van der Waals surface area contributed by atoms with Crippen molar-refractivity contribution >= 4 is 12.4 Å². The summed E-state index contributed by atoms with van der Waals surface area (Å²) in [6.07, 6.45) is 0.529. The van der Waals surface area contributed by atoms with Gasteiger partial charge in [0.2, 0.25) is 0 Å². The van der Waals surface area contributed by atoms with E-state index in [9.17, 15) is 0 Å². The van der Waals surface area contributed by atoms with Gasteiger partial charge in [0.05, 0.1) is 12.6 Å². The van der Waals surface area contributed by atoms with Crippen molar-refractivity contribution in [1.82, 2.24) is 0 Å². The first-order chi connectivity index (χ1) is 3.77. The monoisotopic (exact) mass is 149 g/mol. The van der Waals surface area contributed by atoms with Gasteiger partial charge >= 0.3 is 0 Å². The van der Waals surface area contributed by atoms with E-state index >= 15 is 0 Å². The van der Waals surface area contributed by atoms with Gasteiger partial charge in [-0.05, 0) is 6.92 Å². The summed E-state index contributed by atoms with van der Waals surface area (Å²) in [7, 11) is 0. The number of hydrogen-bond acceptors (Lipinski definition) is 2. The van der Waals surface area contributed by atoms with E-state index in [1.54, 1.807) is 0 Å². The van der Waals surface area contributed by atoms with Gasteiger partial charge in [-0.2, -0.15) is 0 Å². The molecule has 0 aromatic heterocycles. The third-order valence-electron chi connectivity index (χ3n) is 0.567. The van der Waals surface area contributed by atoms with Gasteiger partial charge in [0.1, 0.15) is 0 Å². The van der Waals surface area contributed by atoms with Crippen LogP contribution < -0.4 is 5.73 Å². The van der Waals surface area contributed by atoms with Crippen molar-refractivity contribution in [2.24, 2.45) is 5.73 Å². The molecule has 0 aliphatic carbocycles. The van der Waals surface area contributed by atoms with E-state index in [-0.39, 0.29) is 25.1 Å². The van der Waals surface area contributed by atoms with Crippen molar-refractivity contribution < 1.29 is 5.11 Å². The third kappa shape index (κ3) is 11.4. The van der Waals surface area contributed by atoms with Gasteiger partial charge in [0.25, 0.3) is 0 Å². The molecule has 0 fully saturated rings. The first kappa shape index (κ1) is 11.6. The molecule has 1 atom stereocenters. The second kappa shape index (κ2) is 7.77. The summed E-state index contributed by atoms with van der Waals surface area (Å²) < 4.78 is 0. The Morgan fingerprint density at radius 3 is 2.56 bits per heavy atom. The van der Waals surface area contributed by atoms with E-state index < -0.39 is 0 Å². The normalized spacial score (nSPS) is 10.6. The summed E-state index contributed by atoms with van der Waals surface area (Å²) in [5, 5.41) is 8.24. The van der Waals surface area contributed by atoms with E-state index in [4.69, 9.17) is 10.8 Å². The average molecular weight is 150 g/mol. The fourth-order valence-electron chi connectivity index (χ4n) is 0.289. The molecule has 0 rings (SSSR count). The Labute approximate surface area is 61.9 Å². The molecule has 0 amide bonds. The smallest absolute Gasteiger partial charge is 0.0636 e. The Kier molecular flexibility index (Phi) is 9.97. The predicted octanol–water partition coefficient (Wildman–Crippen LogP) is 0.141. The lowest BCUT2D eigenvalue weighted by Gasteiger charge is -1.86. The lowest BCUT2D eigenvalue weighted by atomic mass is 10.3. The van der Waals surface area contributed by atoms with E-state index in [1.165, 1.54) is 0 Å². The molecule has 54 valence electrons. The Morgan fingerprint density at radius 1 is 1.67 bits per heavy atom. The molecule has 0 aromatic carbocycles. The highest BCUT2D eigenvalue weighted by molar-refractivity contribution is 5.85. The molecule has 0 aliphatic rings. The first-order valence-electron chi connectivity index (χ1n) is 2.62. The average Bonchev–Trinajstić information content (AvgIpc) is 1.66. The molecule has 0 aromatic rings. The highest BCUT2D eigenvalue weighted by atomic mass is 35.5. The van der Waals surface area contributed by atoms with Crippen LogP contribution >= 0.6 is 12.4 Å². The fourth-order valence-corrected chi connectivity index (χ4v) is 0.289. The van der Waals surface area contributed by atoms with Crippen LogP contribution in [-0.4, -0.2) is 17.8 Å². The molecule has 0 radical (unpaired) electrons. The van der Waals surface area contributed by atoms with Crippen LogP contribution in [0.2, 0.25) is 0 Å². The van der Waals surface area contributed by atoms with Gasteiger partial charge in [0.15, 0.2) is 0 Å². The quantitative estimate of drug-likeness (QED) is 0.521. The Bertz CT molecular complexity index is 103. The molecule has 2 nitrogen and oxygen atoms in total. The van der Waals surface area contributed by atoms with Gasteiger partial charge in [-0.15, -0.1) is 12.4 Å². The predicted molar refractivity (Wildman–Crippen MR) is 40.4 cm³/mol. The molecule has 0 bridgehead atoms. The summed E-state index contributed by atoms with van der Waals surface area (Å²) in [5.41, 5.74) is 5.28. The van der Waals surface area contributed by atoms with Crippen molar-refractivity contribution in [3.63, 3.8) is 0 Å². The van der Waals surface area contributed by atoms with Crippen molar-refractivity contribution in [2.45, 2.75) is 19.4 Å². The molecule has 3 N–H and O–H groups in total. The topological polar surface area (TPSA) is 46.2 Å². The van der Waals surface area contributed by atoms with E-state index in [0.29, 0.717) is 6.42 Å². The van der Waals surface area contributed by atoms with Crippen LogP contribution in [0, 0.1) is 11.8 Å². The molecule has 0 saturated heterocycles. The summed E-state index contributed by atoms with van der Waals surface area (Å²) in [6, 6.07) is -0.0680. The van der Waals surface area contributed by atoms with E-state index in [0.717, 1.165) is 0 Å². The Hall–Kier alpha value is -0.230. The highest BCUT2D eigenvalue weighted by Crippen LogP contribution is 1.71. The summed E-state index contributed by atoms with van der Waals surface area (Å²) >= 11 is 0. The number of aliphatic hydroxyl groups excluding tert-OH is 1. The van der Waals surface area contributed by atoms with Crippen molar-refractivity contribution in [3.05, 3.63) is 0 Å². The zero-order chi connectivity index (χ0) is 6.41. The van der Waals surface area contributed by atoms with Crippen LogP contribution in [0.1, 0.15) is 13.3 Å². The van der Waals surface area contributed by atoms with Crippen molar-refractivity contribution in [1.29, 1.82) is 0 Å². The number of nitrogens with two attached hydrogens (primary N) is 1. The van der Waals surface area contributed by atoms with E-state index in [1.807, 2.05) is 6.92 Å². The van der Waals surface area contributed by atoms with Gasteiger partial charge in [-0.3, -0.25) is 0 Å². The van der Waals surface area contributed by atoms with Gasteiger partial charge < -0.3 is 10.8 Å². The van der Waals surface area contributed by atoms with Crippen LogP contribution in [0.5, 0.6) is 0 Å². The molecule has 3 heteroatoms. The lowest BCUT2D eigenvalue weighted by Crippen LogP contribution is -2.10. The zero-order valence-corrected chi connectivity index (χ0v) is 6.24. The first-order valence-corrected chi connectivity index (χ1v) is 2.62. The minimum absolute atomic E-state index is 0. The SMILES string of the molecule is CC(N)C#CCCO.Cl. The number of halogens is 1. The second-order valence-electron chi connectivity index (χ2n) is 1.58. The Morgan fingerprint density at radius 2 is 2.22 bits per heavy atom. The summed E-state index contributed by atoms with van der Waals surface area (Å²) in [6.45, 7) is 1.93. The van der Waals surface area contributed by atoms with Crippen molar-refractivity contribution in [2.75, 3.05) is 6.61 Å². The maximum Gasteiger partial charge on any atom is 0.0636 e. The third-order valence-corrected chi connectivity index (χ3v) is 0.567. The molecular weight excluding hydrogens is 138 g/mol. The van der Waals surface area contributed by atoms with Crippen LogP contribution in [0.25, 0.3) is 0 Å². The maximum atomic E-state index is 8.24. The van der Waals surface area contributed by atoms with Crippen LogP contribution in [0.3, 0.4) is 0 Å². The standard InChI is InChI=1S/C6H11NO.ClH/c1-6(7)4-2-3-5-8;/h6,8H,3,5,7H2,1H3;1H. The molecular formula is C6H12ClNO. The maximum absolute atomic E-state index is 8.24. The molecule has 9 heavy (non-hydrogen) atoms. The largest absolute Gasteiger partial charge is 0.395 e. The number of rotatable bonds is 1. The minimum atomic E-state index is -0.0680. The zero-order valence-electron chi connectivity index (χ0n) is 5.42. The molecule has 0 spiro atoms. The molecule has 0 aliphatic heterocycles. The Balaban J connectivity index is 0. The van der Waals surface area contributed by atoms with Gasteiger partial charge in [-0.1, -0.05) is 11.8 Å². The molecule has 0 heterocycles. The lowest BCUT2D eigenvalue weighted by molar-refractivity contribution is 0.305. The van der Waals surface area contributed by atoms with E-state index in [2.05, 4.69) is 11.8 Å². The van der Waals surface area contributed by atoms with Gasteiger partial charge in [-0.25, -0.2) is 0 Å². The van der Waals surface area contributed by atoms with Crippen LogP contribution in [0.15, 0.2) is 0 Å². The highest BCUT2D eigenvalue weighted by Gasteiger charge is 1.78. The van der Waals surface area contributed by atoms with Crippen LogP contribution in [-0.2, 0) is 0 Å².